The van der Waals surface area contributed by atoms with Gasteiger partial charge in [0.2, 0.25) is 0 Å². The molecule has 1 aromatic heterocycles. The number of tetrazole rings is 1. The van der Waals surface area contributed by atoms with Gasteiger partial charge in [-0.05, 0) is 51.4 Å². The molecule has 0 radical (unpaired) electrons. The number of aliphatic carboxylic acids is 1. The Labute approximate surface area is 200 Å². The van der Waals surface area contributed by atoms with Gasteiger partial charge in [0.15, 0.2) is 5.82 Å². The summed E-state index contributed by atoms with van der Waals surface area (Å²) in [6.07, 6.45) is 3.40. The molecule has 3 aromatic rings. The smallest absolute Gasteiger partial charge is 0.305 e. The van der Waals surface area contributed by atoms with E-state index in [0.717, 1.165) is 0 Å². The summed E-state index contributed by atoms with van der Waals surface area (Å²) in [5.41, 5.74) is 2.44. The highest BCUT2D eigenvalue weighted by Crippen LogP contribution is 2.32. The molecule has 35 heavy (non-hydrogen) atoms. The van der Waals surface area contributed by atoms with E-state index in [2.05, 4.69) is 15.5 Å². The van der Waals surface area contributed by atoms with E-state index >= 15 is 0 Å². The minimum atomic E-state index is -1.18. The first-order chi connectivity index (χ1) is 16.7. The molecule has 8 nitrogen and oxygen atoms in total. The number of rotatable bonds is 10. The summed E-state index contributed by atoms with van der Waals surface area (Å²) >= 11 is 0. The van der Waals surface area contributed by atoms with E-state index in [9.17, 15) is 23.8 Å². The summed E-state index contributed by atoms with van der Waals surface area (Å²) in [6.45, 7) is 0. The van der Waals surface area contributed by atoms with Crippen LogP contribution in [0, 0.1) is 11.6 Å². The predicted octanol–water partition coefficient (Wildman–Crippen LogP) is 3.15. The number of nitrogens with zero attached hydrogens (tertiary/aromatic N) is 4. The summed E-state index contributed by atoms with van der Waals surface area (Å²) in [6, 6.07) is 11.6. The van der Waals surface area contributed by atoms with Crippen LogP contribution >= 0.6 is 0 Å². The Morgan fingerprint density at radius 3 is 2.06 bits per heavy atom. The number of hydrogen-bond donors (Lipinski definition) is 3. The van der Waals surface area contributed by atoms with Gasteiger partial charge < -0.3 is 15.3 Å². The van der Waals surface area contributed by atoms with Crippen molar-refractivity contribution in [3.8, 4) is 0 Å². The zero-order valence-electron chi connectivity index (χ0n) is 18.8. The molecule has 0 saturated heterocycles. The van der Waals surface area contributed by atoms with E-state index in [1.165, 1.54) is 41.1 Å². The van der Waals surface area contributed by atoms with Gasteiger partial charge in [-0.3, -0.25) is 4.79 Å². The fourth-order valence-corrected chi connectivity index (χ4v) is 3.42. The fraction of sp³-hybridized carbons (Fsp3) is 0.200. The largest absolute Gasteiger partial charge is 0.481 e. The molecule has 1 heterocycles. The molecule has 0 amide bonds. The van der Waals surface area contributed by atoms with Crippen LogP contribution in [0.5, 0.6) is 0 Å². The number of aliphatic hydroxyl groups is 2. The Balaban J connectivity index is 2.03. The molecule has 0 aliphatic rings. The molecule has 182 valence electrons. The first kappa shape index (κ1) is 25.6. The normalized spacial score (nSPS) is 13.3. The Hall–Kier alpha value is -4.02. The maximum Gasteiger partial charge on any atom is 0.305 e. The van der Waals surface area contributed by atoms with E-state index < -0.39 is 36.2 Å². The number of halogens is 2. The lowest BCUT2D eigenvalue weighted by molar-refractivity contribution is -0.139. The van der Waals surface area contributed by atoms with Gasteiger partial charge >= 0.3 is 5.97 Å². The third-order valence-corrected chi connectivity index (χ3v) is 5.03. The highest BCUT2D eigenvalue weighted by molar-refractivity contribution is 6.00. The number of aromatic nitrogens is 4. The molecule has 3 N–H and O–H groups in total. The molecule has 0 fully saturated rings. The average Bonchev–Trinajstić information content (AvgIpc) is 3.22. The first-order valence-corrected chi connectivity index (χ1v) is 10.7. The molecule has 10 heteroatoms. The lowest BCUT2D eigenvalue weighted by Crippen LogP contribution is -2.19. The van der Waals surface area contributed by atoms with Crippen molar-refractivity contribution in [3.63, 3.8) is 0 Å². The summed E-state index contributed by atoms with van der Waals surface area (Å²) in [5.74, 6) is -1.59. The van der Waals surface area contributed by atoms with E-state index in [0.29, 0.717) is 28.1 Å². The molecule has 0 saturated carbocycles. The lowest BCUT2D eigenvalue weighted by Gasteiger charge is -2.14. The molecule has 0 bridgehead atoms. The van der Waals surface area contributed by atoms with Crippen LogP contribution in [0.25, 0.3) is 11.1 Å². The van der Waals surface area contributed by atoms with Gasteiger partial charge in [-0.2, -0.15) is 0 Å². The fourth-order valence-electron chi connectivity index (χ4n) is 3.42. The maximum atomic E-state index is 13.6. The second kappa shape index (κ2) is 11.9. The van der Waals surface area contributed by atoms with E-state index in [-0.39, 0.29) is 6.42 Å². The molecule has 0 aliphatic heterocycles. The van der Waals surface area contributed by atoms with E-state index in [1.807, 2.05) is 0 Å². The Morgan fingerprint density at radius 2 is 1.57 bits per heavy atom. The molecular formula is C25H24F2N4O4. The summed E-state index contributed by atoms with van der Waals surface area (Å²) in [4.78, 5) is 10.7. The molecule has 0 aliphatic carbocycles. The van der Waals surface area contributed by atoms with Crippen LogP contribution < -0.4 is 0 Å². The van der Waals surface area contributed by atoms with Crippen LogP contribution in [-0.2, 0) is 11.8 Å². The van der Waals surface area contributed by atoms with Crippen LogP contribution in [0.2, 0.25) is 0 Å². The van der Waals surface area contributed by atoms with Crippen molar-refractivity contribution < 1.29 is 28.9 Å². The minimum absolute atomic E-state index is 0.136. The molecule has 2 unspecified atom stereocenters. The Bertz CT molecular complexity index is 1190. The van der Waals surface area contributed by atoms with Crippen molar-refractivity contribution in [2.45, 2.75) is 25.0 Å². The number of carboxylic acids is 1. The second-order valence-corrected chi connectivity index (χ2v) is 7.73. The Morgan fingerprint density at radius 1 is 1.00 bits per heavy atom. The molecule has 0 spiro atoms. The van der Waals surface area contributed by atoms with Crippen LogP contribution in [0.4, 0.5) is 8.78 Å². The number of allylic oxidation sites excluding steroid dienone is 4. The minimum Gasteiger partial charge on any atom is -0.481 e. The lowest BCUT2D eigenvalue weighted by atomic mass is 9.92. The van der Waals surface area contributed by atoms with Gasteiger partial charge in [0.25, 0.3) is 0 Å². The molecule has 2 aromatic carbocycles. The highest BCUT2D eigenvalue weighted by atomic mass is 19.1. The van der Waals surface area contributed by atoms with Crippen LogP contribution in [-0.4, -0.2) is 53.7 Å². The molecular weight excluding hydrogens is 458 g/mol. The monoisotopic (exact) mass is 482 g/mol. The van der Waals surface area contributed by atoms with E-state index in [1.54, 1.807) is 43.5 Å². The van der Waals surface area contributed by atoms with Gasteiger partial charge in [-0.1, -0.05) is 48.6 Å². The first-order valence-electron chi connectivity index (χ1n) is 10.7. The van der Waals surface area contributed by atoms with Crippen molar-refractivity contribution in [2.24, 2.45) is 7.05 Å². The van der Waals surface area contributed by atoms with Gasteiger partial charge in [0.05, 0.1) is 18.6 Å². The van der Waals surface area contributed by atoms with Gasteiger partial charge in [-0.25, -0.2) is 13.5 Å². The highest BCUT2D eigenvalue weighted by Gasteiger charge is 2.17. The van der Waals surface area contributed by atoms with Crippen LogP contribution in [0.15, 0.2) is 72.8 Å². The van der Waals surface area contributed by atoms with Gasteiger partial charge in [-0.15, -0.1) is 5.10 Å². The predicted molar refractivity (Wildman–Crippen MR) is 125 cm³/mol. The number of aryl methyl sites for hydroxylation is 1. The topological polar surface area (TPSA) is 121 Å². The zero-order chi connectivity index (χ0) is 25.4. The van der Waals surface area contributed by atoms with Gasteiger partial charge in [0.1, 0.15) is 11.6 Å². The molecule has 3 rings (SSSR count). The van der Waals surface area contributed by atoms with Crippen molar-refractivity contribution in [3.05, 3.63) is 101 Å². The number of aliphatic hydroxyl groups excluding tert-OH is 2. The maximum absolute atomic E-state index is 13.6. The quantitative estimate of drug-likeness (QED) is 0.380. The molecule has 2 atom stereocenters. The van der Waals surface area contributed by atoms with Crippen LogP contribution in [0.3, 0.4) is 0 Å². The SMILES string of the molecule is Cn1nnnc1C(/C=C/C=C/C(O)CC(O)CC(=O)O)=C(c1ccc(F)cc1)c1ccc(F)cc1. The third-order valence-electron chi connectivity index (χ3n) is 5.03. The van der Waals surface area contributed by atoms with Crippen molar-refractivity contribution >= 4 is 17.1 Å². The standard InChI is InChI=1S/C25H24F2N4O4/c1-31-25(28-29-30-31)22(5-3-2-4-20(32)14-21(33)15-23(34)35)24(16-6-10-18(26)11-7-16)17-8-12-19(27)13-9-17/h2-13,20-21,32-33H,14-15H2,1H3,(H,34,35)/b4-2+,5-3+. The Kier molecular flexibility index (Phi) is 8.71. The van der Waals surface area contributed by atoms with E-state index in [4.69, 9.17) is 5.11 Å². The number of hydrogen-bond acceptors (Lipinski definition) is 6. The average molecular weight is 482 g/mol. The van der Waals surface area contributed by atoms with Crippen molar-refractivity contribution in [1.82, 2.24) is 20.2 Å². The zero-order valence-corrected chi connectivity index (χ0v) is 18.8. The number of carbonyl (C=O) groups is 1. The summed E-state index contributed by atoms with van der Waals surface area (Å²) < 4.78 is 28.7. The second-order valence-electron chi connectivity index (χ2n) is 7.73. The summed E-state index contributed by atoms with van der Waals surface area (Å²) in [5, 5.41) is 40.1. The number of benzene rings is 2. The van der Waals surface area contributed by atoms with Crippen molar-refractivity contribution in [1.29, 1.82) is 0 Å². The van der Waals surface area contributed by atoms with Gasteiger partial charge in [0, 0.05) is 19.0 Å². The van der Waals surface area contributed by atoms with Crippen molar-refractivity contribution in [2.75, 3.05) is 0 Å². The number of carboxylic acid groups (broad SMARTS) is 1. The van der Waals surface area contributed by atoms with Crippen LogP contribution in [0.1, 0.15) is 29.8 Å². The summed E-state index contributed by atoms with van der Waals surface area (Å²) in [7, 11) is 1.65. The third kappa shape index (κ3) is 7.23.